The molecule has 8 heteroatoms. The number of benzene rings is 1. The molecule has 0 bridgehead atoms. The van der Waals surface area contributed by atoms with Gasteiger partial charge in [0, 0.05) is 43.8 Å². The minimum absolute atomic E-state index is 0. The minimum Gasteiger partial charge on any atom is -0.379 e. The SMILES string of the molecule is Cl.O=C(c1cc(Cl)ccc1F)N(CCCN1CCOCC1)C1CCCNC1. The number of nitrogens with one attached hydrogen (secondary N) is 1. The molecule has 1 N–H and O–H groups in total. The van der Waals surface area contributed by atoms with Crippen molar-refractivity contribution >= 4 is 29.9 Å². The molecule has 3 rings (SSSR count). The molecule has 0 radical (unpaired) electrons. The van der Waals surface area contributed by atoms with E-state index in [0.29, 0.717) is 11.6 Å². The van der Waals surface area contributed by atoms with E-state index in [1.807, 2.05) is 4.90 Å². The topological polar surface area (TPSA) is 44.8 Å². The fourth-order valence-electron chi connectivity index (χ4n) is 3.65. The van der Waals surface area contributed by atoms with E-state index in [-0.39, 0.29) is 29.9 Å². The predicted octanol–water partition coefficient (Wildman–Crippen LogP) is 2.82. The number of morpholine rings is 1. The van der Waals surface area contributed by atoms with Crippen molar-refractivity contribution in [1.29, 1.82) is 0 Å². The molecule has 2 heterocycles. The Hall–Kier alpha value is -0.920. The first-order valence-corrected chi connectivity index (χ1v) is 9.80. The second-order valence-corrected chi connectivity index (χ2v) is 7.37. The van der Waals surface area contributed by atoms with Gasteiger partial charge >= 0.3 is 0 Å². The van der Waals surface area contributed by atoms with Crippen molar-refractivity contribution in [2.45, 2.75) is 25.3 Å². The van der Waals surface area contributed by atoms with Crippen molar-refractivity contribution in [2.75, 3.05) is 52.5 Å². The van der Waals surface area contributed by atoms with Crippen molar-refractivity contribution in [2.24, 2.45) is 0 Å². The first kappa shape index (κ1) is 22.4. The Bertz CT molecular complexity index is 609. The van der Waals surface area contributed by atoms with Gasteiger partial charge in [0.25, 0.3) is 5.91 Å². The summed E-state index contributed by atoms with van der Waals surface area (Å²) >= 11 is 5.99. The van der Waals surface area contributed by atoms with Gasteiger partial charge in [0.15, 0.2) is 0 Å². The van der Waals surface area contributed by atoms with Gasteiger partial charge in [0.05, 0.1) is 18.8 Å². The maximum absolute atomic E-state index is 14.2. The third-order valence-electron chi connectivity index (χ3n) is 5.11. The van der Waals surface area contributed by atoms with Crippen molar-refractivity contribution in [3.8, 4) is 0 Å². The largest absolute Gasteiger partial charge is 0.379 e. The van der Waals surface area contributed by atoms with Crippen LogP contribution in [-0.4, -0.2) is 74.2 Å². The van der Waals surface area contributed by atoms with Gasteiger partial charge in [0.1, 0.15) is 5.82 Å². The van der Waals surface area contributed by atoms with E-state index in [2.05, 4.69) is 10.2 Å². The van der Waals surface area contributed by atoms with Gasteiger partial charge < -0.3 is 15.0 Å². The third kappa shape index (κ3) is 6.29. The van der Waals surface area contributed by atoms with Gasteiger partial charge in [-0.15, -0.1) is 12.4 Å². The number of halogens is 3. The molecule has 0 aliphatic carbocycles. The molecule has 2 aliphatic heterocycles. The van der Waals surface area contributed by atoms with E-state index in [1.54, 1.807) is 0 Å². The standard InChI is InChI=1S/C19H27ClFN3O2.ClH/c20-15-4-5-18(21)17(13-15)19(25)24(16-3-1-6-22-14-16)8-2-7-23-9-11-26-12-10-23;/h4-5,13,16,22H,1-3,6-12,14H2;1H. The molecule has 5 nitrogen and oxygen atoms in total. The fourth-order valence-corrected chi connectivity index (χ4v) is 3.83. The summed E-state index contributed by atoms with van der Waals surface area (Å²) in [5, 5.41) is 3.73. The fraction of sp³-hybridized carbons (Fsp3) is 0.632. The summed E-state index contributed by atoms with van der Waals surface area (Å²) in [7, 11) is 0. The van der Waals surface area contributed by atoms with Gasteiger partial charge in [-0.3, -0.25) is 9.69 Å². The Balaban J connectivity index is 0.00000261. The molecule has 152 valence electrons. The van der Waals surface area contributed by atoms with E-state index in [4.69, 9.17) is 16.3 Å². The van der Waals surface area contributed by atoms with E-state index >= 15 is 0 Å². The minimum atomic E-state index is -0.513. The van der Waals surface area contributed by atoms with Crippen LogP contribution >= 0.6 is 24.0 Å². The first-order valence-electron chi connectivity index (χ1n) is 9.42. The molecule has 2 fully saturated rings. The highest BCUT2D eigenvalue weighted by molar-refractivity contribution is 6.31. The van der Waals surface area contributed by atoms with Crippen LogP contribution in [0.3, 0.4) is 0 Å². The van der Waals surface area contributed by atoms with Crippen LogP contribution in [0.1, 0.15) is 29.6 Å². The number of rotatable bonds is 6. The lowest BCUT2D eigenvalue weighted by Gasteiger charge is -2.36. The number of piperidine rings is 1. The maximum atomic E-state index is 14.2. The lowest BCUT2D eigenvalue weighted by Crippen LogP contribution is -2.50. The van der Waals surface area contributed by atoms with Gasteiger partial charge in [-0.05, 0) is 44.0 Å². The number of hydrogen-bond acceptors (Lipinski definition) is 4. The monoisotopic (exact) mass is 419 g/mol. The second kappa shape index (κ2) is 11.2. The summed E-state index contributed by atoms with van der Waals surface area (Å²) in [6, 6.07) is 4.27. The van der Waals surface area contributed by atoms with E-state index in [9.17, 15) is 9.18 Å². The van der Waals surface area contributed by atoms with Crippen LogP contribution in [-0.2, 0) is 4.74 Å². The van der Waals surface area contributed by atoms with Crippen LogP contribution in [0.5, 0.6) is 0 Å². The molecular formula is C19H28Cl2FN3O2. The molecule has 1 atom stereocenters. The zero-order chi connectivity index (χ0) is 18.4. The molecular weight excluding hydrogens is 392 g/mol. The average Bonchev–Trinajstić information content (AvgIpc) is 2.68. The van der Waals surface area contributed by atoms with E-state index in [1.165, 1.54) is 18.2 Å². The molecule has 0 spiro atoms. The molecule has 0 saturated carbocycles. The van der Waals surface area contributed by atoms with Crippen LogP contribution in [0.25, 0.3) is 0 Å². The Labute approximate surface area is 171 Å². The van der Waals surface area contributed by atoms with Crippen molar-refractivity contribution in [3.63, 3.8) is 0 Å². The first-order chi connectivity index (χ1) is 12.6. The highest BCUT2D eigenvalue weighted by Crippen LogP contribution is 2.20. The molecule has 0 aromatic heterocycles. The smallest absolute Gasteiger partial charge is 0.257 e. The van der Waals surface area contributed by atoms with Crippen LogP contribution in [0.2, 0.25) is 5.02 Å². The molecule has 1 amide bonds. The summed E-state index contributed by atoms with van der Waals surface area (Å²) in [4.78, 5) is 17.3. The second-order valence-electron chi connectivity index (χ2n) is 6.93. The number of nitrogens with zero attached hydrogens (tertiary/aromatic N) is 2. The Morgan fingerprint density at radius 1 is 1.37 bits per heavy atom. The van der Waals surface area contributed by atoms with Crippen LogP contribution in [0.15, 0.2) is 18.2 Å². The summed E-state index contributed by atoms with van der Waals surface area (Å²) in [6.07, 6.45) is 2.83. The quantitative estimate of drug-likeness (QED) is 0.769. The summed E-state index contributed by atoms with van der Waals surface area (Å²) in [6.45, 7) is 6.67. The van der Waals surface area contributed by atoms with Gasteiger partial charge in [-0.2, -0.15) is 0 Å². The van der Waals surface area contributed by atoms with Crippen molar-refractivity contribution < 1.29 is 13.9 Å². The highest BCUT2D eigenvalue weighted by Gasteiger charge is 2.28. The normalized spacial score (nSPS) is 20.7. The molecule has 27 heavy (non-hydrogen) atoms. The Morgan fingerprint density at radius 2 is 2.15 bits per heavy atom. The van der Waals surface area contributed by atoms with Crippen LogP contribution in [0, 0.1) is 5.82 Å². The lowest BCUT2D eigenvalue weighted by atomic mass is 10.0. The van der Waals surface area contributed by atoms with Gasteiger partial charge in [0.2, 0.25) is 0 Å². The Kier molecular flexibility index (Phi) is 9.26. The molecule has 2 aliphatic rings. The van der Waals surface area contributed by atoms with Crippen molar-refractivity contribution in [1.82, 2.24) is 15.1 Å². The van der Waals surface area contributed by atoms with E-state index in [0.717, 1.165) is 65.2 Å². The van der Waals surface area contributed by atoms with Gasteiger partial charge in [-0.1, -0.05) is 11.6 Å². The summed E-state index contributed by atoms with van der Waals surface area (Å²) in [5.41, 5.74) is 0.0643. The van der Waals surface area contributed by atoms with Crippen LogP contribution in [0.4, 0.5) is 4.39 Å². The zero-order valence-electron chi connectivity index (χ0n) is 15.5. The Morgan fingerprint density at radius 3 is 2.85 bits per heavy atom. The predicted molar refractivity (Wildman–Crippen MR) is 107 cm³/mol. The summed E-state index contributed by atoms with van der Waals surface area (Å²) < 4.78 is 19.6. The number of carbonyl (C=O) groups is 1. The highest BCUT2D eigenvalue weighted by atomic mass is 35.5. The number of amides is 1. The lowest BCUT2D eigenvalue weighted by molar-refractivity contribution is 0.0342. The number of hydrogen-bond donors (Lipinski definition) is 1. The molecule has 1 aromatic rings. The molecule has 2 saturated heterocycles. The molecule has 1 unspecified atom stereocenters. The third-order valence-corrected chi connectivity index (χ3v) is 5.34. The number of ether oxygens (including phenoxy) is 1. The zero-order valence-corrected chi connectivity index (χ0v) is 17.0. The van der Waals surface area contributed by atoms with Crippen molar-refractivity contribution in [3.05, 3.63) is 34.6 Å². The number of carbonyl (C=O) groups excluding carboxylic acids is 1. The van der Waals surface area contributed by atoms with E-state index < -0.39 is 5.82 Å². The van der Waals surface area contributed by atoms with Gasteiger partial charge in [-0.25, -0.2) is 4.39 Å². The molecule has 1 aromatic carbocycles. The van der Waals surface area contributed by atoms with Crippen LogP contribution < -0.4 is 5.32 Å². The maximum Gasteiger partial charge on any atom is 0.257 e. The average molecular weight is 420 g/mol. The summed E-state index contributed by atoms with van der Waals surface area (Å²) in [5.74, 6) is -0.776.